The molecule has 108 valence electrons. The molecule has 0 saturated carbocycles. The highest BCUT2D eigenvalue weighted by Gasteiger charge is 2.07. The summed E-state index contributed by atoms with van der Waals surface area (Å²) in [6, 6.07) is 8.24. The molecule has 1 aromatic rings. The Balaban J connectivity index is 2.08. The van der Waals surface area contributed by atoms with Gasteiger partial charge in [-0.2, -0.15) is 0 Å². The van der Waals surface area contributed by atoms with Crippen molar-refractivity contribution in [3.8, 4) is 0 Å². The van der Waals surface area contributed by atoms with Gasteiger partial charge < -0.3 is 14.8 Å². The summed E-state index contributed by atoms with van der Waals surface area (Å²) in [5.41, 5.74) is 1.15. The van der Waals surface area contributed by atoms with Crippen molar-refractivity contribution >= 4 is 11.6 Å². The molecule has 0 radical (unpaired) electrons. The summed E-state index contributed by atoms with van der Waals surface area (Å²) in [6.07, 6.45) is 2.16. The zero-order valence-corrected chi connectivity index (χ0v) is 12.6. The molecule has 0 bridgehead atoms. The summed E-state index contributed by atoms with van der Waals surface area (Å²) in [6.45, 7) is 5.25. The van der Waals surface area contributed by atoms with Gasteiger partial charge in [0.1, 0.15) is 0 Å². The summed E-state index contributed by atoms with van der Waals surface area (Å²) < 4.78 is 10.3. The highest BCUT2D eigenvalue weighted by atomic mass is 35.5. The van der Waals surface area contributed by atoms with Crippen molar-refractivity contribution in [2.24, 2.45) is 0 Å². The Morgan fingerprint density at radius 1 is 1.16 bits per heavy atom. The topological polar surface area (TPSA) is 30.5 Å². The van der Waals surface area contributed by atoms with Crippen LogP contribution in [-0.4, -0.2) is 33.5 Å². The molecule has 0 heterocycles. The molecule has 1 aromatic carbocycles. The van der Waals surface area contributed by atoms with Crippen LogP contribution in [0.15, 0.2) is 24.3 Å². The fourth-order valence-electron chi connectivity index (χ4n) is 1.83. The number of rotatable bonds is 10. The van der Waals surface area contributed by atoms with Crippen LogP contribution in [0.2, 0.25) is 5.02 Å². The molecule has 0 saturated heterocycles. The molecule has 3 nitrogen and oxygen atoms in total. The van der Waals surface area contributed by atoms with Gasteiger partial charge in [0.25, 0.3) is 0 Å². The van der Waals surface area contributed by atoms with Crippen molar-refractivity contribution < 1.29 is 9.47 Å². The van der Waals surface area contributed by atoms with Crippen LogP contribution in [0.5, 0.6) is 0 Å². The first-order valence-electron chi connectivity index (χ1n) is 6.80. The molecule has 19 heavy (non-hydrogen) atoms. The predicted molar refractivity (Wildman–Crippen MR) is 79.8 cm³/mol. The molecule has 0 spiro atoms. The minimum atomic E-state index is 0.281. The second kappa shape index (κ2) is 10.2. The fraction of sp³-hybridized carbons (Fsp3) is 0.600. The van der Waals surface area contributed by atoms with Gasteiger partial charge >= 0.3 is 0 Å². The molecule has 0 aliphatic heterocycles. The van der Waals surface area contributed by atoms with Crippen LogP contribution in [0, 0.1) is 0 Å². The zero-order valence-electron chi connectivity index (χ0n) is 11.8. The molecular formula is C15H24ClNO2. The lowest BCUT2D eigenvalue weighted by atomic mass is 10.1. The summed E-state index contributed by atoms with van der Waals surface area (Å²) >= 11 is 6.16. The Morgan fingerprint density at radius 2 is 1.95 bits per heavy atom. The average Bonchev–Trinajstić information content (AvgIpc) is 2.42. The maximum absolute atomic E-state index is 6.16. The van der Waals surface area contributed by atoms with Crippen LogP contribution in [0.3, 0.4) is 0 Å². The maximum Gasteiger partial charge on any atom is 0.0700 e. The standard InChI is InChI=1S/C15H24ClNO2/c1-13(14-7-3-4-8-15(14)16)17-9-5-6-10-19-12-11-18-2/h3-4,7-8,13,17H,5-6,9-12H2,1-2H3. The van der Waals surface area contributed by atoms with Crippen molar-refractivity contribution in [3.05, 3.63) is 34.9 Å². The highest BCUT2D eigenvalue weighted by Crippen LogP contribution is 2.21. The lowest BCUT2D eigenvalue weighted by Crippen LogP contribution is -2.20. The second-order valence-corrected chi connectivity index (χ2v) is 4.92. The third kappa shape index (κ3) is 6.92. The van der Waals surface area contributed by atoms with Crippen LogP contribution in [0.1, 0.15) is 31.4 Å². The minimum absolute atomic E-state index is 0.281. The number of benzene rings is 1. The van der Waals surface area contributed by atoms with Crippen molar-refractivity contribution in [2.45, 2.75) is 25.8 Å². The molecular weight excluding hydrogens is 262 g/mol. The van der Waals surface area contributed by atoms with Gasteiger partial charge in [0.15, 0.2) is 0 Å². The molecule has 0 aromatic heterocycles. The number of hydrogen-bond donors (Lipinski definition) is 1. The lowest BCUT2D eigenvalue weighted by molar-refractivity contribution is 0.0687. The zero-order chi connectivity index (χ0) is 13.9. The second-order valence-electron chi connectivity index (χ2n) is 4.51. The predicted octanol–water partition coefficient (Wildman–Crippen LogP) is 3.43. The Morgan fingerprint density at radius 3 is 2.68 bits per heavy atom. The molecule has 0 amide bonds. The number of unbranched alkanes of at least 4 members (excludes halogenated alkanes) is 1. The van der Waals surface area contributed by atoms with Crippen LogP contribution in [-0.2, 0) is 9.47 Å². The first-order chi connectivity index (χ1) is 9.25. The normalized spacial score (nSPS) is 12.6. The summed E-state index contributed by atoms with van der Waals surface area (Å²) in [4.78, 5) is 0. The molecule has 0 aliphatic rings. The monoisotopic (exact) mass is 285 g/mol. The van der Waals surface area contributed by atoms with Crippen molar-refractivity contribution in [1.82, 2.24) is 5.32 Å². The van der Waals surface area contributed by atoms with Gasteiger partial charge in [0.05, 0.1) is 13.2 Å². The third-order valence-corrected chi connectivity index (χ3v) is 3.31. The van der Waals surface area contributed by atoms with E-state index in [9.17, 15) is 0 Å². The highest BCUT2D eigenvalue weighted by molar-refractivity contribution is 6.31. The Kier molecular flexibility index (Phi) is 8.84. The van der Waals surface area contributed by atoms with E-state index in [-0.39, 0.29) is 6.04 Å². The summed E-state index contributed by atoms with van der Waals surface area (Å²) in [5, 5.41) is 4.30. The van der Waals surface area contributed by atoms with Gasteiger partial charge in [-0.25, -0.2) is 0 Å². The van der Waals surface area contributed by atoms with Gasteiger partial charge in [-0.05, 0) is 37.9 Å². The van der Waals surface area contributed by atoms with E-state index < -0.39 is 0 Å². The van der Waals surface area contributed by atoms with Crippen molar-refractivity contribution in [2.75, 3.05) is 33.5 Å². The van der Waals surface area contributed by atoms with E-state index in [1.807, 2.05) is 18.2 Å². The van der Waals surface area contributed by atoms with Gasteiger partial charge in [0, 0.05) is 24.8 Å². The molecule has 1 rings (SSSR count). The smallest absolute Gasteiger partial charge is 0.0700 e. The van der Waals surface area contributed by atoms with Gasteiger partial charge in [0.2, 0.25) is 0 Å². The van der Waals surface area contributed by atoms with E-state index in [0.717, 1.165) is 36.6 Å². The van der Waals surface area contributed by atoms with E-state index in [4.69, 9.17) is 21.1 Å². The number of ether oxygens (including phenoxy) is 2. The summed E-state index contributed by atoms with van der Waals surface area (Å²) in [5.74, 6) is 0. The largest absolute Gasteiger partial charge is 0.382 e. The van der Waals surface area contributed by atoms with E-state index in [0.29, 0.717) is 13.2 Å². The maximum atomic E-state index is 6.16. The van der Waals surface area contributed by atoms with Crippen LogP contribution in [0.4, 0.5) is 0 Å². The van der Waals surface area contributed by atoms with E-state index in [1.54, 1.807) is 7.11 Å². The van der Waals surface area contributed by atoms with E-state index >= 15 is 0 Å². The quantitative estimate of drug-likeness (QED) is 0.668. The van der Waals surface area contributed by atoms with Crippen molar-refractivity contribution in [3.63, 3.8) is 0 Å². The first kappa shape index (κ1) is 16.4. The molecule has 0 fully saturated rings. The third-order valence-electron chi connectivity index (χ3n) is 2.97. The number of nitrogens with one attached hydrogen (secondary N) is 1. The lowest BCUT2D eigenvalue weighted by Gasteiger charge is -2.15. The van der Waals surface area contributed by atoms with Gasteiger partial charge in [-0.3, -0.25) is 0 Å². The molecule has 1 N–H and O–H groups in total. The SMILES string of the molecule is COCCOCCCCNC(C)c1ccccc1Cl. The molecule has 0 aliphatic carbocycles. The molecule has 4 heteroatoms. The van der Waals surface area contributed by atoms with Crippen LogP contribution in [0.25, 0.3) is 0 Å². The molecule has 1 atom stereocenters. The molecule has 1 unspecified atom stereocenters. The van der Waals surface area contributed by atoms with E-state index in [2.05, 4.69) is 18.3 Å². The van der Waals surface area contributed by atoms with E-state index in [1.165, 1.54) is 0 Å². The number of halogens is 1. The first-order valence-corrected chi connectivity index (χ1v) is 7.18. The van der Waals surface area contributed by atoms with Gasteiger partial charge in [-0.15, -0.1) is 0 Å². The Hall–Kier alpha value is -0.610. The van der Waals surface area contributed by atoms with Crippen LogP contribution < -0.4 is 5.32 Å². The summed E-state index contributed by atoms with van der Waals surface area (Å²) in [7, 11) is 1.68. The number of hydrogen-bond acceptors (Lipinski definition) is 3. The average molecular weight is 286 g/mol. The van der Waals surface area contributed by atoms with Gasteiger partial charge in [-0.1, -0.05) is 29.8 Å². The Labute approximate surface area is 121 Å². The Bertz CT molecular complexity index is 347. The number of methoxy groups -OCH3 is 1. The van der Waals surface area contributed by atoms with Crippen molar-refractivity contribution in [1.29, 1.82) is 0 Å². The minimum Gasteiger partial charge on any atom is -0.382 e. The van der Waals surface area contributed by atoms with Crippen LogP contribution >= 0.6 is 11.6 Å². The fourth-order valence-corrected chi connectivity index (χ4v) is 2.13.